The summed E-state index contributed by atoms with van der Waals surface area (Å²) in [6, 6.07) is 1.87. The molecular formula is C13H20N2O2. The van der Waals surface area contributed by atoms with Crippen molar-refractivity contribution < 1.29 is 9.21 Å². The van der Waals surface area contributed by atoms with Crippen molar-refractivity contribution in [3.8, 4) is 0 Å². The molecule has 1 aliphatic rings. The Hall–Kier alpha value is -1.29. The van der Waals surface area contributed by atoms with E-state index >= 15 is 0 Å². The first-order chi connectivity index (χ1) is 8.34. The standard InChI is InChI=1S/C13H20N2O2/c16-13(15-9-12-5-7-17-10-12)4-3-11-2-1-6-14-8-11/h5,7,10-11,14H,1-4,6,8-9H2,(H,15,16). The average molecular weight is 236 g/mol. The molecule has 0 radical (unpaired) electrons. The quantitative estimate of drug-likeness (QED) is 0.817. The van der Waals surface area contributed by atoms with E-state index in [0.29, 0.717) is 18.9 Å². The molecule has 0 bridgehead atoms. The highest BCUT2D eigenvalue weighted by Gasteiger charge is 2.14. The van der Waals surface area contributed by atoms with E-state index in [1.165, 1.54) is 12.8 Å². The van der Waals surface area contributed by atoms with Crippen molar-refractivity contribution >= 4 is 5.91 Å². The number of amides is 1. The summed E-state index contributed by atoms with van der Waals surface area (Å²) in [7, 11) is 0. The number of hydrogen-bond acceptors (Lipinski definition) is 3. The fourth-order valence-corrected chi connectivity index (χ4v) is 2.19. The van der Waals surface area contributed by atoms with Crippen molar-refractivity contribution in [2.45, 2.75) is 32.2 Å². The van der Waals surface area contributed by atoms with E-state index in [4.69, 9.17) is 4.42 Å². The van der Waals surface area contributed by atoms with E-state index in [1.807, 2.05) is 6.07 Å². The molecule has 0 aliphatic carbocycles. The van der Waals surface area contributed by atoms with Crippen molar-refractivity contribution in [2.75, 3.05) is 13.1 Å². The van der Waals surface area contributed by atoms with Gasteiger partial charge < -0.3 is 15.1 Å². The van der Waals surface area contributed by atoms with Gasteiger partial charge in [-0.3, -0.25) is 4.79 Å². The van der Waals surface area contributed by atoms with Crippen LogP contribution in [0.3, 0.4) is 0 Å². The van der Waals surface area contributed by atoms with Crippen LogP contribution in [0.2, 0.25) is 0 Å². The normalized spacial score (nSPS) is 20.1. The summed E-state index contributed by atoms with van der Waals surface area (Å²) in [5, 5.41) is 6.27. The van der Waals surface area contributed by atoms with Crippen LogP contribution in [0, 0.1) is 5.92 Å². The van der Waals surface area contributed by atoms with E-state index in [-0.39, 0.29) is 5.91 Å². The van der Waals surface area contributed by atoms with Crippen LogP contribution in [-0.2, 0) is 11.3 Å². The van der Waals surface area contributed by atoms with Gasteiger partial charge in [-0.25, -0.2) is 0 Å². The van der Waals surface area contributed by atoms with Crippen molar-refractivity contribution in [1.82, 2.24) is 10.6 Å². The maximum atomic E-state index is 11.6. The van der Waals surface area contributed by atoms with Crippen LogP contribution in [0.4, 0.5) is 0 Å². The predicted octanol–water partition coefficient (Wildman–Crippen LogP) is 1.68. The van der Waals surface area contributed by atoms with Crippen LogP contribution in [0.15, 0.2) is 23.0 Å². The van der Waals surface area contributed by atoms with Gasteiger partial charge in [0.2, 0.25) is 5.91 Å². The van der Waals surface area contributed by atoms with Crippen molar-refractivity contribution in [3.63, 3.8) is 0 Å². The van der Waals surface area contributed by atoms with Crippen LogP contribution in [-0.4, -0.2) is 19.0 Å². The van der Waals surface area contributed by atoms with Gasteiger partial charge in [-0.2, -0.15) is 0 Å². The minimum absolute atomic E-state index is 0.136. The van der Waals surface area contributed by atoms with Gasteiger partial charge in [0.25, 0.3) is 0 Å². The van der Waals surface area contributed by atoms with Gasteiger partial charge in [0.05, 0.1) is 12.5 Å². The molecule has 1 aromatic heterocycles. The van der Waals surface area contributed by atoms with E-state index in [1.54, 1.807) is 12.5 Å². The SMILES string of the molecule is O=C(CCC1CCCNC1)NCc1ccoc1. The molecule has 1 fully saturated rings. The predicted molar refractivity (Wildman–Crippen MR) is 65.4 cm³/mol. The smallest absolute Gasteiger partial charge is 0.220 e. The highest BCUT2D eigenvalue weighted by atomic mass is 16.3. The fraction of sp³-hybridized carbons (Fsp3) is 0.615. The molecule has 2 rings (SSSR count). The zero-order valence-corrected chi connectivity index (χ0v) is 10.1. The largest absolute Gasteiger partial charge is 0.472 e. The number of nitrogens with one attached hydrogen (secondary N) is 2. The number of carbonyl (C=O) groups excluding carboxylic acids is 1. The van der Waals surface area contributed by atoms with Crippen LogP contribution in [0.5, 0.6) is 0 Å². The zero-order chi connectivity index (χ0) is 11.9. The van der Waals surface area contributed by atoms with Crippen LogP contribution >= 0.6 is 0 Å². The maximum absolute atomic E-state index is 11.6. The molecule has 94 valence electrons. The second-order valence-electron chi connectivity index (χ2n) is 4.66. The van der Waals surface area contributed by atoms with Gasteiger partial charge in [-0.05, 0) is 44.3 Å². The van der Waals surface area contributed by atoms with Gasteiger partial charge in [0.1, 0.15) is 0 Å². The van der Waals surface area contributed by atoms with Gasteiger partial charge in [0, 0.05) is 18.5 Å². The van der Waals surface area contributed by atoms with Gasteiger partial charge in [-0.15, -0.1) is 0 Å². The van der Waals surface area contributed by atoms with E-state index < -0.39 is 0 Å². The van der Waals surface area contributed by atoms with Gasteiger partial charge >= 0.3 is 0 Å². The summed E-state index contributed by atoms with van der Waals surface area (Å²) in [5.74, 6) is 0.806. The molecule has 1 amide bonds. The molecule has 4 nitrogen and oxygen atoms in total. The lowest BCUT2D eigenvalue weighted by Crippen LogP contribution is -2.31. The fourth-order valence-electron chi connectivity index (χ4n) is 2.19. The molecule has 1 atom stereocenters. The molecule has 2 N–H and O–H groups in total. The molecule has 2 heterocycles. The third-order valence-corrected chi connectivity index (χ3v) is 3.25. The van der Waals surface area contributed by atoms with Crippen molar-refractivity contribution in [1.29, 1.82) is 0 Å². The van der Waals surface area contributed by atoms with Gasteiger partial charge in [-0.1, -0.05) is 0 Å². The van der Waals surface area contributed by atoms with Crippen LogP contribution in [0.25, 0.3) is 0 Å². The van der Waals surface area contributed by atoms with Crippen molar-refractivity contribution in [2.24, 2.45) is 5.92 Å². The Labute approximate surface area is 102 Å². The molecule has 1 aliphatic heterocycles. The van der Waals surface area contributed by atoms with E-state index in [2.05, 4.69) is 10.6 Å². The first-order valence-corrected chi connectivity index (χ1v) is 6.33. The van der Waals surface area contributed by atoms with E-state index in [9.17, 15) is 4.79 Å². The number of rotatable bonds is 5. The second-order valence-corrected chi connectivity index (χ2v) is 4.66. The lowest BCUT2D eigenvalue weighted by molar-refractivity contribution is -0.121. The highest BCUT2D eigenvalue weighted by Crippen LogP contribution is 2.15. The Morgan fingerprint density at radius 2 is 2.53 bits per heavy atom. The Morgan fingerprint density at radius 3 is 3.24 bits per heavy atom. The first kappa shape index (κ1) is 12.2. The molecule has 0 aromatic carbocycles. The third kappa shape index (κ3) is 4.23. The third-order valence-electron chi connectivity index (χ3n) is 3.25. The summed E-state index contributed by atoms with van der Waals surface area (Å²) < 4.78 is 4.94. The lowest BCUT2D eigenvalue weighted by Gasteiger charge is -2.22. The summed E-state index contributed by atoms with van der Waals surface area (Å²) in [5.41, 5.74) is 1.01. The summed E-state index contributed by atoms with van der Waals surface area (Å²) in [6.45, 7) is 2.76. The monoisotopic (exact) mass is 236 g/mol. The Morgan fingerprint density at radius 1 is 1.59 bits per heavy atom. The molecular weight excluding hydrogens is 216 g/mol. The number of carbonyl (C=O) groups is 1. The topological polar surface area (TPSA) is 54.3 Å². The molecule has 17 heavy (non-hydrogen) atoms. The molecule has 0 spiro atoms. The maximum Gasteiger partial charge on any atom is 0.220 e. The summed E-state index contributed by atoms with van der Waals surface area (Å²) in [6.07, 6.45) is 7.39. The number of hydrogen-bond donors (Lipinski definition) is 2. The van der Waals surface area contributed by atoms with Crippen LogP contribution in [0.1, 0.15) is 31.2 Å². The second kappa shape index (κ2) is 6.45. The Bertz CT molecular complexity index is 329. The minimum Gasteiger partial charge on any atom is -0.472 e. The number of piperidine rings is 1. The van der Waals surface area contributed by atoms with Gasteiger partial charge in [0.15, 0.2) is 0 Å². The highest BCUT2D eigenvalue weighted by molar-refractivity contribution is 5.75. The molecule has 4 heteroatoms. The first-order valence-electron chi connectivity index (χ1n) is 6.33. The molecule has 1 aromatic rings. The zero-order valence-electron chi connectivity index (χ0n) is 10.1. The summed E-state index contributed by atoms with van der Waals surface area (Å²) in [4.78, 5) is 11.6. The van der Waals surface area contributed by atoms with Crippen LogP contribution < -0.4 is 10.6 Å². The molecule has 0 saturated carbocycles. The summed E-state index contributed by atoms with van der Waals surface area (Å²) >= 11 is 0. The Balaban J connectivity index is 1.60. The minimum atomic E-state index is 0.136. The van der Waals surface area contributed by atoms with E-state index in [0.717, 1.165) is 25.1 Å². The molecule has 1 unspecified atom stereocenters. The Kier molecular flexibility index (Phi) is 4.62. The average Bonchev–Trinajstić information content (AvgIpc) is 2.88. The van der Waals surface area contributed by atoms with Crippen molar-refractivity contribution in [3.05, 3.63) is 24.2 Å². The number of furan rings is 1. The lowest BCUT2D eigenvalue weighted by atomic mass is 9.94. The molecule has 1 saturated heterocycles.